The Morgan fingerprint density at radius 3 is 2.61 bits per heavy atom. The zero-order chi connectivity index (χ0) is 12.8. The second kappa shape index (κ2) is 6.31. The number of anilines is 1. The number of rotatable bonds is 6. The van der Waals surface area contributed by atoms with E-state index in [1.165, 1.54) is 5.56 Å². The molecule has 0 amide bonds. The van der Waals surface area contributed by atoms with Crippen molar-refractivity contribution in [1.82, 2.24) is 0 Å². The van der Waals surface area contributed by atoms with E-state index in [9.17, 15) is 0 Å². The molecule has 1 aromatic carbocycles. The molecule has 0 saturated carbocycles. The molecule has 2 aromatic rings. The summed E-state index contributed by atoms with van der Waals surface area (Å²) in [6.45, 7) is 0.909. The van der Waals surface area contributed by atoms with E-state index in [0.29, 0.717) is 0 Å². The Labute approximate surface area is 111 Å². The second-order valence-electron chi connectivity index (χ2n) is 3.88. The van der Waals surface area contributed by atoms with Gasteiger partial charge in [0, 0.05) is 18.3 Å². The third-order valence-corrected chi connectivity index (χ3v) is 3.44. The molecule has 0 unspecified atom stereocenters. The van der Waals surface area contributed by atoms with Gasteiger partial charge < -0.3 is 14.8 Å². The quantitative estimate of drug-likeness (QED) is 0.866. The van der Waals surface area contributed by atoms with Gasteiger partial charge >= 0.3 is 0 Å². The highest BCUT2D eigenvalue weighted by molar-refractivity contribution is 7.07. The summed E-state index contributed by atoms with van der Waals surface area (Å²) in [5.74, 6) is 1.50. The first-order chi connectivity index (χ1) is 8.83. The highest BCUT2D eigenvalue weighted by Crippen LogP contribution is 2.29. The Morgan fingerprint density at radius 1 is 1.11 bits per heavy atom. The molecule has 0 aliphatic heterocycles. The first kappa shape index (κ1) is 12.8. The topological polar surface area (TPSA) is 30.5 Å². The molecule has 0 radical (unpaired) electrons. The van der Waals surface area contributed by atoms with Crippen LogP contribution in [-0.2, 0) is 6.42 Å². The zero-order valence-corrected chi connectivity index (χ0v) is 11.4. The van der Waals surface area contributed by atoms with E-state index < -0.39 is 0 Å². The van der Waals surface area contributed by atoms with Gasteiger partial charge in [0.05, 0.1) is 14.2 Å². The smallest absolute Gasteiger partial charge is 0.162 e. The van der Waals surface area contributed by atoms with Crippen LogP contribution in [0, 0.1) is 0 Å². The van der Waals surface area contributed by atoms with E-state index in [1.54, 1.807) is 25.6 Å². The molecule has 0 aliphatic rings. The maximum Gasteiger partial charge on any atom is 0.162 e. The van der Waals surface area contributed by atoms with Crippen molar-refractivity contribution in [3.8, 4) is 11.5 Å². The standard InChI is InChI=1S/C14H17NO2S/c1-16-13-4-3-12(9-14(13)17-2)15-7-5-11-6-8-18-10-11/h3-4,6,8-10,15H,5,7H2,1-2H3. The van der Waals surface area contributed by atoms with Gasteiger partial charge in [0.1, 0.15) is 0 Å². The van der Waals surface area contributed by atoms with Gasteiger partial charge in [-0.25, -0.2) is 0 Å². The molecular weight excluding hydrogens is 246 g/mol. The highest BCUT2D eigenvalue weighted by atomic mass is 32.1. The van der Waals surface area contributed by atoms with Crippen LogP contribution in [-0.4, -0.2) is 20.8 Å². The Kier molecular flexibility index (Phi) is 4.47. The van der Waals surface area contributed by atoms with Crippen molar-refractivity contribution < 1.29 is 9.47 Å². The van der Waals surface area contributed by atoms with E-state index in [1.807, 2.05) is 18.2 Å². The number of hydrogen-bond donors (Lipinski definition) is 1. The summed E-state index contributed by atoms with van der Waals surface area (Å²) in [6, 6.07) is 8.01. The summed E-state index contributed by atoms with van der Waals surface area (Å²) in [5, 5.41) is 7.66. The van der Waals surface area contributed by atoms with Gasteiger partial charge in [-0.1, -0.05) is 0 Å². The monoisotopic (exact) mass is 263 g/mol. The molecule has 0 spiro atoms. The van der Waals surface area contributed by atoms with Crippen LogP contribution in [0.4, 0.5) is 5.69 Å². The van der Waals surface area contributed by atoms with E-state index in [2.05, 4.69) is 22.1 Å². The maximum atomic E-state index is 5.27. The van der Waals surface area contributed by atoms with Gasteiger partial charge in [-0.05, 0) is 40.9 Å². The number of nitrogens with one attached hydrogen (secondary N) is 1. The van der Waals surface area contributed by atoms with Crippen LogP contribution in [0.5, 0.6) is 11.5 Å². The van der Waals surface area contributed by atoms with Crippen molar-refractivity contribution in [2.45, 2.75) is 6.42 Å². The Bertz CT molecular complexity index is 483. The van der Waals surface area contributed by atoms with Gasteiger partial charge in [-0.15, -0.1) is 0 Å². The number of ether oxygens (including phenoxy) is 2. The number of benzene rings is 1. The number of methoxy groups -OCH3 is 2. The fraction of sp³-hybridized carbons (Fsp3) is 0.286. The third kappa shape index (κ3) is 3.17. The predicted molar refractivity (Wildman–Crippen MR) is 76.1 cm³/mol. The first-order valence-corrected chi connectivity index (χ1v) is 6.74. The van der Waals surface area contributed by atoms with E-state index in [-0.39, 0.29) is 0 Å². The molecule has 1 N–H and O–H groups in total. The van der Waals surface area contributed by atoms with Crippen molar-refractivity contribution in [3.63, 3.8) is 0 Å². The maximum absolute atomic E-state index is 5.27. The SMILES string of the molecule is COc1ccc(NCCc2ccsc2)cc1OC. The van der Waals surface area contributed by atoms with Crippen LogP contribution in [0.3, 0.4) is 0 Å². The first-order valence-electron chi connectivity index (χ1n) is 5.80. The van der Waals surface area contributed by atoms with E-state index in [0.717, 1.165) is 30.2 Å². The molecule has 1 heterocycles. The lowest BCUT2D eigenvalue weighted by Crippen LogP contribution is -2.04. The van der Waals surface area contributed by atoms with Crippen LogP contribution in [0.2, 0.25) is 0 Å². The zero-order valence-electron chi connectivity index (χ0n) is 10.6. The third-order valence-electron chi connectivity index (χ3n) is 2.71. The van der Waals surface area contributed by atoms with Gasteiger partial charge in [0.2, 0.25) is 0 Å². The highest BCUT2D eigenvalue weighted by Gasteiger charge is 2.03. The van der Waals surface area contributed by atoms with Crippen molar-refractivity contribution in [3.05, 3.63) is 40.6 Å². The van der Waals surface area contributed by atoms with Gasteiger partial charge in [-0.2, -0.15) is 11.3 Å². The van der Waals surface area contributed by atoms with Crippen molar-refractivity contribution in [1.29, 1.82) is 0 Å². The minimum Gasteiger partial charge on any atom is -0.493 e. The molecule has 0 atom stereocenters. The van der Waals surface area contributed by atoms with E-state index in [4.69, 9.17) is 9.47 Å². The summed E-state index contributed by atoms with van der Waals surface area (Å²) in [5.41, 5.74) is 2.41. The molecule has 18 heavy (non-hydrogen) atoms. The average Bonchev–Trinajstić information content (AvgIpc) is 2.91. The lowest BCUT2D eigenvalue weighted by Gasteiger charge is -2.11. The normalized spacial score (nSPS) is 10.1. The molecule has 2 rings (SSSR count). The van der Waals surface area contributed by atoms with Gasteiger partial charge in [-0.3, -0.25) is 0 Å². The number of thiophene rings is 1. The molecule has 96 valence electrons. The van der Waals surface area contributed by atoms with Crippen LogP contribution in [0.25, 0.3) is 0 Å². The molecule has 0 fully saturated rings. The van der Waals surface area contributed by atoms with Crippen LogP contribution < -0.4 is 14.8 Å². The molecule has 3 nitrogen and oxygen atoms in total. The van der Waals surface area contributed by atoms with Crippen molar-refractivity contribution in [2.24, 2.45) is 0 Å². The molecule has 0 aliphatic carbocycles. The Morgan fingerprint density at radius 2 is 1.94 bits per heavy atom. The molecule has 0 bridgehead atoms. The van der Waals surface area contributed by atoms with Crippen LogP contribution in [0.1, 0.15) is 5.56 Å². The molecule has 0 saturated heterocycles. The summed E-state index contributed by atoms with van der Waals surface area (Å²) in [6.07, 6.45) is 1.03. The van der Waals surface area contributed by atoms with Crippen LogP contribution in [0.15, 0.2) is 35.0 Å². The summed E-state index contributed by atoms with van der Waals surface area (Å²) >= 11 is 1.73. The fourth-order valence-electron chi connectivity index (χ4n) is 1.73. The Hall–Kier alpha value is -1.68. The minimum atomic E-state index is 0.748. The van der Waals surface area contributed by atoms with Crippen molar-refractivity contribution >= 4 is 17.0 Å². The van der Waals surface area contributed by atoms with Gasteiger partial charge in [0.15, 0.2) is 11.5 Å². The largest absolute Gasteiger partial charge is 0.493 e. The molecular formula is C14H17NO2S. The molecule has 4 heteroatoms. The lowest BCUT2D eigenvalue weighted by atomic mass is 10.2. The lowest BCUT2D eigenvalue weighted by molar-refractivity contribution is 0.355. The average molecular weight is 263 g/mol. The fourth-order valence-corrected chi connectivity index (χ4v) is 2.44. The second-order valence-corrected chi connectivity index (χ2v) is 4.66. The Balaban J connectivity index is 1.93. The number of hydrogen-bond acceptors (Lipinski definition) is 4. The van der Waals surface area contributed by atoms with Crippen molar-refractivity contribution in [2.75, 3.05) is 26.1 Å². The van der Waals surface area contributed by atoms with E-state index >= 15 is 0 Å². The predicted octanol–water partition coefficient (Wildman–Crippen LogP) is 3.42. The summed E-state index contributed by atoms with van der Waals surface area (Å²) < 4.78 is 10.5. The molecule has 1 aromatic heterocycles. The summed E-state index contributed by atoms with van der Waals surface area (Å²) in [7, 11) is 3.29. The van der Waals surface area contributed by atoms with Crippen LogP contribution >= 0.6 is 11.3 Å². The minimum absolute atomic E-state index is 0.748. The summed E-state index contributed by atoms with van der Waals surface area (Å²) in [4.78, 5) is 0. The van der Waals surface area contributed by atoms with Gasteiger partial charge in [0.25, 0.3) is 0 Å².